The molecule has 1 aliphatic rings. The lowest BCUT2D eigenvalue weighted by Crippen LogP contribution is -2.24. The minimum Gasteiger partial charge on any atom is -0.324 e. The summed E-state index contributed by atoms with van der Waals surface area (Å²) in [6, 6.07) is 3.74. The highest BCUT2D eigenvalue weighted by molar-refractivity contribution is 5.92. The van der Waals surface area contributed by atoms with E-state index in [0.717, 1.165) is 36.8 Å². The van der Waals surface area contributed by atoms with Gasteiger partial charge in [0.1, 0.15) is 11.6 Å². The van der Waals surface area contributed by atoms with Crippen LogP contribution in [0.15, 0.2) is 30.7 Å². The molecule has 1 atom stereocenters. The average Bonchev–Trinajstić information content (AvgIpc) is 3.11. The number of imidazole rings is 1. The molecule has 0 spiro atoms. The number of amides is 1. The monoisotopic (exact) mass is 271 g/mol. The predicted octanol–water partition coefficient (Wildman–Crippen LogP) is 1.12. The van der Waals surface area contributed by atoms with Crippen LogP contribution in [-0.2, 0) is 4.79 Å². The Kier molecular flexibility index (Phi) is 3.47. The van der Waals surface area contributed by atoms with Crippen LogP contribution in [0.4, 0.5) is 5.69 Å². The molecule has 0 bridgehead atoms. The van der Waals surface area contributed by atoms with E-state index in [-0.39, 0.29) is 11.8 Å². The first-order valence-corrected chi connectivity index (χ1v) is 6.72. The van der Waals surface area contributed by atoms with Gasteiger partial charge in [-0.25, -0.2) is 9.97 Å². The first-order valence-electron chi connectivity index (χ1n) is 6.72. The molecule has 6 nitrogen and oxygen atoms in total. The van der Waals surface area contributed by atoms with Gasteiger partial charge in [0.25, 0.3) is 0 Å². The van der Waals surface area contributed by atoms with E-state index in [2.05, 4.69) is 20.6 Å². The smallest absolute Gasteiger partial charge is 0.228 e. The number of hydrogen-bond acceptors (Lipinski definition) is 4. The number of aromatic nitrogens is 3. The molecule has 20 heavy (non-hydrogen) atoms. The molecule has 0 aromatic carbocycles. The molecule has 1 fully saturated rings. The number of pyridine rings is 1. The number of aryl methyl sites for hydroxylation is 1. The summed E-state index contributed by atoms with van der Waals surface area (Å²) < 4.78 is 1.90. The van der Waals surface area contributed by atoms with Crippen molar-refractivity contribution in [2.24, 2.45) is 5.92 Å². The summed E-state index contributed by atoms with van der Waals surface area (Å²) in [5.41, 5.74) is 0.725. The van der Waals surface area contributed by atoms with E-state index in [4.69, 9.17) is 0 Å². The average molecular weight is 271 g/mol. The summed E-state index contributed by atoms with van der Waals surface area (Å²) in [5, 5.41) is 6.09. The Morgan fingerprint density at radius 3 is 2.95 bits per heavy atom. The highest BCUT2D eigenvalue weighted by Gasteiger charge is 2.22. The molecule has 1 unspecified atom stereocenters. The zero-order valence-electron chi connectivity index (χ0n) is 11.3. The second kappa shape index (κ2) is 5.42. The maximum absolute atomic E-state index is 12.0. The maximum Gasteiger partial charge on any atom is 0.228 e. The molecule has 0 aliphatic carbocycles. The van der Waals surface area contributed by atoms with Crippen molar-refractivity contribution in [3.63, 3.8) is 0 Å². The fourth-order valence-corrected chi connectivity index (χ4v) is 2.35. The molecule has 6 heteroatoms. The van der Waals surface area contributed by atoms with Crippen LogP contribution in [0.2, 0.25) is 0 Å². The lowest BCUT2D eigenvalue weighted by atomic mass is 10.1. The molecule has 1 aliphatic heterocycles. The second-order valence-electron chi connectivity index (χ2n) is 4.93. The first-order chi connectivity index (χ1) is 9.74. The molecule has 1 amide bonds. The number of nitrogens with zero attached hydrogens (tertiary/aromatic N) is 3. The summed E-state index contributed by atoms with van der Waals surface area (Å²) in [4.78, 5) is 20.5. The summed E-state index contributed by atoms with van der Waals surface area (Å²) >= 11 is 0. The van der Waals surface area contributed by atoms with Gasteiger partial charge < -0.3 is 10.6 Å². The largest absolute Gasteiger partial charge is 0.324 e. The van der Waals surface area contributed by atoms with Crippen LogP contribution in [0.5, 0.6) is 0 Å². The third-order valence-corrected chi connectivity index (χ3v) is 3.52. The molecular weight excluding hydrogens is 254 g/mol. The van der Waals surface area contributed by atoms with Crippen LogP contribution in [0.25, 0.3) is 5.82 Å². The topological polar surface area (TPSA) is 71.8 Å². The van der Waals surface area contributed by atoms with Gasteiger partial charge in [-0.1, -0.05) is 0 Å². The van der Waals surface area contributed by atoms with E-state index in [1.807, 2.05) is 29.8 Å². The van der Waals surface area contributed by atoms with E-state index in [9.17, 15) is 4.79 Å². The van der Waals surface area contributed by atoms with Gasteiger partial charge in [-0.2, -0.15) is 0 Å². The van der Waals surface area contributed by atoms with E-state index < -0.39 is 0 Å². The number of hydrogen-bond donors (Lipinski definition) is 2. The zero-order valence-corrected chi connectivity index (χ0v) is 11.3. The number of anilines is 1. The Morgan fingerprint density at radius 2 is 2.35 bits per heavy atom. The predicted molar refractivity (Wildman–Crippen MR) is 75.7 cm³/mol. The first kappa shape index (κ1) is 12.8. The minimum absolute atomic E-state index is 0.0587. The summed E-state index contributed by atoms with van der Waals surface area (Å²) in [7, 11) is 0. The third kappa shape index (κ3) is 2.55. The van der Waals surface area contributed by atoms with Gasteiger partial charge in [-0.3, -0.25) is 9.36 Å². The molecular formula is C14H17N5O. The lowest BCUT2D eigenvalue weighted by Gasteiger charge is -2.10. The van der Waals surface area contributed by atoms with E-state index in [1.54, 1.807) is 12.4 Å². The normalized spacial score (nSPS) is 18.1. The summed E-state index contributed by atoms with van der Waals surface area (Å²) in [5.74, 6) is 1.79. The van der Waals surface area contributed by atoms with Gasteiger partial charge >= 0.3 is 0 Å². The van der Waals surface area contributed by atoms with Crippen molar-refractivity contribution in [1.82, 2.24) is 19.9 Å². The third-order valence-electron chi connectivity index (χ3n) is 3.52. The SMILES string of the molecule is Cc1nccn1-c1ccc(NC(=O)C2CCNC2)cn1. The Hall–Kier alpha value is -2.21. The number of nitrogens with one attached hydrogen (secondary N) is 2. The lowest BCUT2D eigenvalue weighted by molar-refractivity contribution is -0.119. The van der Waals surface area contributed by atoms with Crippen molar-refractivity contribution >= 4 is 11.6 Å². The van der Waals surface area contributed by atoms with Crippen LogP contribution in [-0.4, -0.2) is 33.5 Å². The molecule has 104 valence electrons. The molecule has 3 heterocycles. The van der Waals surface area contributed by atoms with E-state index >= 15 is 0 Å². The van der Waals surface area contributed by atoms with Crippen LogP contribution >= 0.6 is 0 Å². The Morgan fingerprint density at radius 1 is 1.45 bits per heavy atom. The fraction of sp³-hybridized carbons (Fsp3) is 0.357. The van der Waals surface area contributed by atoms with Gasteiger partial charge in [-0.05, 0) is 32.0 Å². The number of carbonyl (C=O) groups is 1. The summed E-state index contributed by atoms with van der Waals surface area (Å²) in [6.07, 6.45) is 6.17. The molecule has 2 aromatic heterocycles. The number of rotatable bonds is 3. The van der Waals surface area contributed by atoms with E-state index in [0.29, 0.717) is 0 Å². The van der Waals surface area contributed by atoms with Gasteiger partial charge in [0.15, 0.2) is 0 Å². The van der Waals surface area contributed by atoms with Crippen LogP contribution in [0.1, 0.15) is 12.2 Å². The fourth-order valence-electron chi connectivity index (χ4n) is 2.35. The van der Waals surface area contributed by atoms with Crippen LogP contribution < -0.4 is 10.6 Å². The molecule has 2 N–H and O–H groups in total. The van der Waals surface area contributed by atoms with Crippen molar-refractivity contribution in [1.29, 1.82) is 0 Å². The van der Waals surface area contributed by atoms with E-state index in [1.165, 1.54) is 0 Å². The quantitative estimate of drug-likeness (QED) is 0.877. The summed E-state index contributed by atoms with van der Waals surface area (Å²) in [6.45, 7) is 3.59. The van der Waals surface area contributed by atoms with Crippen LogP contribution in [0, 0.1) is 12.8 Å². The minimum atomic E-state index is 0.0587. The second-order valence-corrected chi connectivity index (χ2v) is 4.93. The van der Waals surface area contributed by atoms with Crippen molar-refractivity contribution in [2.45, 2.75) is 13.3 Å². The van der Waals surface area contributed by atoms with Gasteiger partial charge in [0, 0.05) is 18.9 Å². The molecule has 3 rings (SSSR count). The van der Waals surface area contributed by atoms with Gasteiger partial charge in [0.2, 0.25) is 5.91 Å². The zero-order chi connectivity index (χ0) is 13.9. The molecule has 0 saturated carbocycles. The van der Waals surface area contributed by atoms with Crippen molar-refractivity contribution in [3.05, 3.63) is 36.5 Å². The standard InChI is InChI=1S/C14H17N5O/c1-10-16-6-7-19(10)13-3-2-12(9-17-13)18-14(20)11-4-5-15-8-11/h2-3,6-7,9,11,15H,4-5,8H2,1H3,(H,18,20). The highest BCUT2D eigenvalue weighted by Crippen LogP contribution is 2.14. The van der Waals surface area contributed by atoms with Crippen molar-refractivity contribution in [2.75, 3.05) is 18.4 Å². The van der Waals surface area contributed by atoms with Crippen molar-refractivity contribution in [3.8, 4) is 5.82 Å². The molecule has 2 aromatic rings. The number of carbonyl (C=O) groups excluding carboxylic acids is 1. The van der Waals surface area contributed by atoms with Gasteiger partial charge in [-0.15, -0.1) is 0 Å². The van der Waals surface area contributed by atoms with Crippen molar-refractivity contribution < 1.29 is 4.79 Å². The van der Waals surface area contributed by atoms with Crippen LogP contribution in [0.3, 0.4) is 0 Å². The molecule has 0 radical (unpaired) electrons. The molecule has 1 saturated heterocycles. The Labute approximate surface area is 117 Å². The Bertz CT molecular complexity index is 598. The highest BCUT2D eigenvalue weighted by atomic mass is 16.1. The van der Waals surface area contributed by atoms with Gasteiger partial charge in [0.05, 0.1) is 17.8 Å². The Balaban J connectivity index is 1.70. The maximum atomic E-state index is 12.0.